The molecule has 1 aromatic carbocycles. The van der Waals surface area contributed by atoms with Crippen molar-refractivity contribution in [3.05, 3.63) is 30.1 Å². The Hall–Kier alpha value is -1.62. The van der Waals surface area contributed by atoms with Crippen LogP contribution in [0.25, 0.3) is 0 Å². The summed E-state index contributed by atoms with van der Waals surface area (Å²) in [7, 11) is 0. The summed E-state index contributed by atoms with van der Waals surface area (Å²) in [6, 6.07) is 6.28. The van der Waals surface area contributed by atoms with Crippen molar-refractivity contribution in [1.29, 1.82) is 0 Å². The minimum absolute atomic E-state index is 0.296. The topological polar surface area (TPSA) is 49.8 Å². The van der Waals surface area contributed by atoms with Crippen LogP contribution in [0.4, 0.5) is 10.1 Å². The van der Waals surface area contributed by atoms with Gasteiger partial charge in [0.1, 0.15) is 5.82 Å². The van der Waals surface area contributed by atoms with Gasteiger partial charge in [-0.05, 0) is 32.0 Å². The number of ether oxygens (including phenoxy) is 1. The van der Waals surface area contributed by atoms with Gasteiger partial charge in [0.05, 0.1) is 0 Å². The SMILES string of the molecule is CCOC(CCN(CC)c1cccc(F)c1)C(=O)O. The monoisotopic (exact) mass is 269 g/mol. The lowest BCUT2D eigenvalue weighted by Gasteiger charge is -2.24. The molecule has 1 aromatic rings. The molecular formula is C14H20FNO3. The van der Waals surface area contributed by atoms with Crippen molar-refractivity contribution in [1.82, 2.24) is 0 Å². The van der Waals surface area contributed by atoms with Crippen molar-refractivity contribution in [3.8, 4) is 0 Å². The Bertz CT molecular complexity index is 411. The van der Waals surface area contributed by atoms with Gasteiger partial charge in [0, 0.05) is 31.8 Å². The minimum atomic E-state index is -0.961. The van der Waals surface area contributed by atoms with Crippen LogP contribution < -0.4 is 4.90 Å². The predicted molar refractivity (Wildman–Crippen MR) is 72.0 cm³/mol. The summed E-state index contributed by atoms with van der Waals surface area (Å²) in [5, 5.41) is 9.00. The molecule has 1 rings (SSSR count). The number of carboxylic acids is 1. The van der Waals surface area contributed by atoms with E-state index in [4.69, 9.17) is 9.84 Å². The van der Waals surface area contributed by atoms with Crippen LogP contribution in [-0.2, 0) is 9.53 Å². The number of hydrogen-bond donors (Lipinski definition) is 1. The molecule has 0 amide bonds. The standard InChI is InChI=1S/C14H20FNO3/c1-3-16(12-7-5-6-11(15)10-12)9-8-13(14(17)18)19-4-2/h5-7,10,13H,3-4,8-9H2,1-2H3,(H,17,18). The van der Waals surface area contributed by atoms with E-state index in [-0.39, 0.29) is 5.82 Å². The zero-order chi connectivity index (χ0) is 14.3. The van der Waals surface area contributed by atoms with E-state index in [2.05, 4.69) is 0 Å². The number of benzene rings is 1. The molecule has 0 saturated carbocycles. The Labute approximate surface area is 112 Å². The number of anilines is 1. The molecular weight excluding hydrogens is 249 g/mol. The number of nitrogens with zero attached hydrogens (tertiary/aromatic N) is 1. The van der Waals surface area contributed by atoms with Gasteiger partial charge in [-0.15, -0.1) is 0 Å². The normalized spacial score (nSPS) is 12.2. The van der Waals surface area contributed by atoms with Crippen LogP contribution >= 0.6 is 0 Å². The molecule has 0 aliphatic heterocycles. The van der Waals surface area contributed by atoms with Gasteiger partial charge in [-0.25, -0.2) is 9.18 Å². The summed E-state index contributed by atoms with van der Waals surface area (Å²) < 4.78 is 18.3. The second kappa shape index (κ2) is 7.74. The van der Waals surface area contributed by atoms with E-state index in [9.17, 15) is 9.18 Å². The number of carbonyl (C=O) groups is 1. The average Bonchev–Trinajstić information content (AvgIpc) is 2.38. The molecule has 0 bridgehead atoms. The highest BCUT2D eigenvalue weighted by Crippen LogP contribution is 2.16. The van der Waals surface area contributed by atoms with Crippen LogP contribution in [0.3, 0.4) is 0 Å². The molecule has 19 heavy (non-hydrogen) atoms. The van der Waals surface area contributed by atoms with E-state index < -0.39 is 12.1 Å². The quantitative estimate of drug-likeness (QED) is 0.788. The smallest absolute Gasteiger partial charge is 0.332 e. The van der Waals surface area contributed by atoms with Crippen LogP contribution in [-0.4, -0.2) is 36.9 Å². The first-order chi connectivity index (χ1) is 9.08. The van der Waals surface area contributed by atoms with Crippen molar-refractivity contribution >= 4 is 11.7 Å². The van der Waals surface area contributed by atoms with Gasteiger partial charge in [0.25, 0.3) is 0 Å². The van der Waals surface area contributed by atoms with E-state index in [1.54, 1.807) is 13.0 Å². The first kappa shape index (κ1) is 15.4. The van der Waals surface area contributed by atoms with E-state index >= 15 is 0 Å². The predicted octanol–water partition coefficient (Wildman–Crippen LogP) is 2.53. The second-order valence-corrected chi connectivity index (χ2v) is 4.13. The summed E-state index contributed by atoms with van der Waals surface area (Å²) in [6.07, 6.45) is -0.444. The van der Waals surface area contributed by atoms with Gasteiger partial charge in [0.2, 0.25) is 0 Å². The van der Waals surface area contributed by atoms with Gasteiger partial charge in [-0.1, -0.05) is 6.07 Å². The first-order valence-corrected chi connectivity index (χ1v) is 6.43. The zero-order valence-electron chi connectivity index (χ0n) is 11.3. The summed E-state index contributed by atoms with van der Waals surface area (Å²) in [4.78, 5) is 12.9. The lowest BCUT2D eigenvalue weighted by atomic mass is 10.2. The minimum Gasteiger partial charge on any atom is -0.479 e. The fourth-order valence-electron chi connectivity index (χ4n) is 1.89. The van der Waals surface area contributed by atoms with E-state index in [1.807, 2.05) is 17.9 Å². The van der Waals surface area contributed by atoms with Crippen molar-refractivity contribution < 1.29 is 19.0 Å². The largest absolute Gasteiger partial charge is 0.479 e. The molecule has 0 aliphatic rings. The highest BCUT2D eigenvalue weighted by Gasteiger charge is 2.18. The third-order valence-electron chi connectivity index (χ3n) is 2.86. The molecule has 5 heteroatoms. The maximum Gasteiger partial charge on any atom is 0.332 e. The fourth-order valence-corrected chi connectivity index (χ4v) is 1.89. The number of halogens is 1. The van der Waals surface area contributed by atoms with Crippen molar-refractivity contribution in [3.63, 3.8) is 0 Å². The van der Waals surface area contributed by atoms with Gasteiger partial charge in [-0.2, -0.15) is 0 Å². The van der Waals surface area contributed by atoms with Crippen LogP contribution in [0.2, 0.25) is 0 Å². The third kappa shape index (κ3) is 4.87. The van der Waals surface area contributed by atoms with E-state index in [1.165, 1.54) is 12.1 Å². The van der Waals surface area contributed by atoms with Crippen molar-refractivity contribution in [2.45, 2.75) is 26.4 Å². The highest BCUT2D eigenvalue weighted by atomic mass is 19.1. The van der Waals surface area contributed by atoms with Crippen molar-refractivity contribution in [2.75, 3.05) is 24.6 Å². The maximum absolute atomic E-state index is 13.2. The van der Waals surface area contributed by atoms with E-state index in [0.29, 0.717) is 26.1 Å². The number of hydrogen-bond acceptors (Lipinski definition) is 3. The molecule has 0 aliphatic carbocycles. The lowest BCUT2D eigenvalue weighted by Crippen LogP contribution is -2.32. The molecule has 0 spiro atoms. The maximum atomic E-state index is 13.2. The molecule has 106 valence electrons. The second-order valence-electron chi connectivity index (χ2n) is 4.13. The Morgan fingerprint density at radius 2 is 2.21 bits per heavy atom. The molecule has 0 aromatic heterocycles. The van der Waals surface area contributed by atoms with Gasteiger partial charge in [-0.3, -0.25) is 0 Å². The van der Waals surface area contributed by atoms with Crippen molar-refractivity contribution in [2.24, 2.45) is 0 Å². The number of rotatable bonds is 8. The Balaban J connectivity index is 2.64. The third-order valence-corrected chi connectivity index (χ3v) is 2.86. The molecule has 0 radical (unpaired) electrons. The van der Waals surface area contributed by atoms with Crippen LogP contribution in [0, 0.1) is 5.82 Å². The van der Waals surface area contributed by atoms with Crippen LogP contribution in [0.5, 0.6) is 0 Å². The average molecular weight is 269 g/mol. The van der Waals surface area contributed by atoms with Gasteiger partial charge < -0.3 is 14.7 Å². The molecule has 0 fully saturated rings. The van der Waals surface area contributed by atoms with Crippen LogP contribution in [0.1, 0.15) is 20.3 Å². The summed E-state index contributed by atoms with van der Waals surface area (Å²) in [5.41, 5.74) is 0.753. The zero-order valence-corrected chi connectivity index (χ0v) is 11.3. The van der Waals surface area contributed by atoms with E-state index in [0.717, 1.165) is 5.69 Å². The Morgan fingerprint density at radius 1 is 1.47 bits per heavy atom. The molecule has 0 heterocycles. The molecule has 1 unspecified atom stereocenters. The molecule has 1 N–H and O–H groups in total. The van der Waals surface area contributed by atoms with Gasteiger partial charge >= 0.3 is 5.97 Å². The number of carboxylic acid groups (broad SMARTS) is 1. The molecule has 4 nitrogen and oxygen atoms in total. The summed E-state index contributed by atoms with van der Waals surface area (Å²) in [6.45, 7) is 5.27. The van der Waals surface area contributed by atoms with Gasteiger partial charge in [0.15, 0.2) is 6.10 Å². The summed E-state index contributed by atoms with van der Waals surface area (Å²) >= 11 is 0. The first-order valence-electron chi connectivity index (χ1n) is 6.43. The fraction of sp³-hybridized carbons (Fsp3) is 0.500. The van der Waals surface area contributed by atoms with Crippen LogP contribution in [0.15, 0.2) is 24.3 Å². The Morgan fingerprint density at radius 3 is 2.74 bits per heavy atom. The highest BCUT2D eigenvalue weighted by molar-refractivity contribution is 5.72. The summed E-state index contributed by atoms with van der Waals surface area (Å²) in [5.74, 6) is -1.26. The molecule has 0 saturated heterocycles. The number of aliphatic carboxylic acids is 1. The lowest BCUT2D eigenvalue weighted by molar-refractivity contribution is -0.150. The molecule has 1 atom stereocenters. The Kier molecular flexibility index (Phi) is 6.29.